The zero-order valence-corrected chi connectivity index (χ0v) is 13.8. The van der Waals surface area contributed by atoms with Gasteiger partial charge >= 0.3 is 0 Å². The van der Waals surface area contributed by atoms with E-state index in [0.29, 0.717) is 12.5 Å². The van der Waals surface area contributed by atoms with Gasteiger partial charge in [0.25, 0.3) is 0 Å². The van der Waals surface area contributed by atoms with Crippen molar-refractivity contribution in [3.05, 3.63) is 59.9 Å². The van der Waals surface area contributed by atoms with E-state index in [9.17, 15) is 4.39 Å². The first-order valence-electron chi connectivity index (χ1n) is 8.08. The van der Waals surface area contributed by atoms with Crippen molar-refractivity contribution < 1.29 is 9.13 Å². The van der Waals surface area contributed by atoms with Gasteiger partial charge in [-0.2, -0.15) is 0 Å². The van der Waals surface area contributed by atoms with Gasteiger partial charge < -0.3 is 15.8 Å². The minimum absolute atomic E-state index is 0.0140. The average molecular weight is 327 g/mol. The van der Waals surface area contributed by atoms with E-state index in [1.807, 2.05) is 36.4 Å². The van der Waals surface area contributed by atoms with Crippen molar-refractivity contribution in [1.82, 2.24) is 0 Å². The molecule has 5 heteroatoms. The maximum absolute atomic E-state index is 13.1. The number of guanidine groups is 1. The first-order valence-corrected chi connectivity index (χ1v) is 8.08. The predicted molar refractivity (Wildman–Crippen MR) is 95.0 cm³/mol. The van der Waals surface area contributed by atoms with Crippen LogP contribution in [0, 0.1) is 5.82 Å². The number of benzene rings is 2. The third-order valence-corrected chi connectivity index (χ3v) is 4.68. The van der Waals surface area contributed by atoms with E-state index in [2.05, 4.69) is 10.3 Å². The summed E-state index contributed by atoms with van der Waals surface area (Å²) in [7, 11) is 1.63. The molecular formula is C19H22FN3O. The van der Waals surface area contributed by atoms with Gasteiger partial charge in [0.2, 0.25) is 0 Å². The van der Waals surface area contributed by atoms with Crippen molar-refractivity contribution in [2.24, 2.45) is 10.7 Å². The minimum atomic E-state index is -0.211. The average Bonchev–Trinajstić information content (AvgIpc) is 2.56. The zero-order valence-electron chi connectivity index (χ0n) is 13.8. The maximum Gasteiger partial charge on any atom is 0.193 e. The van der Waals surface area contributed by atoms with Gasteiger partial charge in [-0.3, -0.25) is 4.99 Å². The summed E-state index contributed by atoms with van der Waals surface area (Å²) in [4.78, 5) is 4.51. The molecule has 3 N–H and O–H groups in total. The lowest BCUT2D eigenvalue weighted by Crippen LogP contribution is -2.38. The second-order valence-electron chi connectivity index (χ2n) is 6.20. The van der Waals surface area contributed by atoms with E-state index in [4.69, 9.17) is 10.5 Å². The Kier molecular flexibility index (Phi) is 4.69. The summed E-state index contributed by atoms with van der Waals surface area (Å²) in [5, 5.41) is 3.09. The molecule has 0 saturated heterocycles. The molecule has 24 heavy (non-hydrogen) atoms. The van der Waals surface area contributed by atoms with Crippen molar-refractivity contribution in [3.8, 4) is 5.75 Å². The number of nitrogens with two attached hydrogens (primary N) is 1. The second-order valence-corrected chi connectivity index (χ2v) is 6.20. The van der Waals surface area contributed by atoms with Gasteiger partial charge in [-0.15, -0.1) is 0 Å². The van der Waals surface area contributed by atoms with Crippen LogP contribution in [-0.2, 0) is 5.41 Å². The Labute approximate surface area is 141 Å². The molecule has 1 aliphatic carbocycles. The fourth-order valence-corrected chi connectivity index (χ4v) is 3.04. The Morgan fingerprint density at radius 1 is 1.17 bits per heavy atom. The van der Waals surface area contributed by atoms with Crippen molar-refractivity contribution in [2.45, 2.75) is 24.7 Å². The lowest BCUT2D eigenvalue weighted by atomic mass is 9.64. The molecule has 2 aromatic rings. The first kappa shape index (κ1) is 16.3. The Hall–Kier alpha value is -2.56. The molecule has 1 saturated carbocycles. The van der Waals surface area contributed by atoms with E-state index in [1.165, 1.54) is 18.6 Å². The van der Waals surface area contributed by atoms with E-state index in [1.54, 1.807) is 7.11 Å². The molecule has 0 spiro atoms. The van der Waals surface area contributed by atoms with Crippen LogP contribution in [0.4, 0.5) is 10.1 Å². The Bertz CT molecular complexity index is 706. The van der Waals surface area contributed by atoms with Crippen LogP contribution in [0.15, 0.2) is 53.5 Å². The molecule has 0 aliphatic heterocycles. The molecule has 126 valence electrons. The number of ether oxygens (including phenoxy) is 1. The Morgan fingerprint density at radius 2 is 1.83 bits per heavy atom. The minimum Gasteiger partial charge on any atom is -0.497 e. The molecule has 0 radical (unpaired) electrons. The monoisotopic (exact) mass is 327 g/mol. The number of aliphatic imine (C=N–C) groups is 1. The number of nitrogens with zero attached hydrogens (tertiary/aromatic N) is 1. The molecule has 0 atom stereocenters. The third kappa shape index (κ3) is 3.50. The second kappa shape index (κ2) is 6.91. The van der Waals surface area contributed by atoms with Crippen LogP contribution in [0.5, 0.6) is 5.75 Å². The standard InChI is InChI=1S/C19H22FN3O/c1-24-17-9-7-16(8-10-17)23-18(21)22-13-19(11-2-12-19)14-3-5-15(20)6-4-14/h3-10H,2,11-13H2,1H3,(H3,21,22,23). The Morgan fingerprint density at radius 3 is 2.38 bits per heavy atom. The number of halogens is 1. The summed E-state index contributed by atoms with van der Waals surface area (Å²) >= 11 is 0. The van der Waals surface area contributed by atoms with E-state index < -0.39 is 0 Å². The lowest BCUT2D eigenvalue weighted by Gasteiger charge is -2.41. The van der Waals surface area contributed by atoms with Crippen molar-refractivity contribution in [1.29, 1.82) is 0 Å². The van der Waals surface area contributed by atoms with Crippen molar-refractivity contribution >= 4 is 11.6 Å². The normalized spacial score (nSPS) is 16.3. The molecule has 0 bridgehead atoms. The van der Waals surface area contributed by atoms with E-state index >= 15 is 0 Å². The molecule has 1 aliphatic rings. The smallest absolute Gasteiger partial charge is 0.193 e. The number of methoxy groups -OCH3 is 1. The topological polar surface area (TPSA) is 59.6 Å². The summed E-state index contributed by atoms with van der Waals surface area (Å²) in [5.41, 5.74) is 8.00. The predicted octanol–water partition coefficient (Wildman–Crippen LogP) is 3.68. The van der Waals surface area contributed by atoms with Crippen LogP contribution in [0.1, 0.15) is 24.8 Å². The molecule has 0 aromatic heterocycles. The molecule has 1 fully saturated rings. The number of hydrogen-bond donors (Lipinski definition) is 2. The molecule has 0 unspecified atom stereocenters. The highest BCUT2D eigenvalue weighted by molar-refractivity contribution is 5.92. The highest BCUT2D eigenvalue weighted by atomic mass is 19.1. The van der Waals surface area contributed by atoms with E-state index in [-0.39, 0.29) is 11.2 Å². The SMILES string of the molecule is COc1ccc(NC(N)=NCC2(c3ccc(F)cc3)CCC2)cc1. The van der Waals surface area contributed by atoms with Crippen LogP contribution in [-0.4, -0.2) is 19.6 Å². The molecule has 2 aromatic carbocycles. The maximum atomic E-state index is 13.1. The number of anilines is 1. The van der Waals surface area contributed by atoms with Gasteiger partial charge in [-0.05, 0) is 54.8 Å². The van der Waals surface area contributed by atoms with Crippen LogP contribution in [0.2, 0.25) is 0 Å². The summed E-state index contributed by atoms with van der Waals surface area (Å²) in [6.45, 7) is 0.605. The van der Waals surface area contributed by atoms with Crippen LogP contribution in [0.25, 0.3) is 0 Å². The first-order chi connectivity index (χ1) is 11.6. The zero-order chi connectivity index (χ0) is 17.0. The molecular weight excluding hydrogens is 305 g/mol. The summed E-state index contributed by atoms with van der Waals surface area (Å²) in [6, 6.07) is 14.2. The quantitative estimate of drug-likeness (QED) is 0.650. The number of hydrogen-bond acceptors (Lipinski definition) is 2. The van der Waals surface area contributed by atoms with Crippen LogP contribution in [0.3, 0.4) is 0 Å². The summed E-state index contributed by atoms with van der Waals surface area (Å²) < 4.78 is 18.3. The van der Waals surface area contributed by atoms with Gasteiger partial charge in [0, 0.05) is 11.1 Å². The fraction of sp³-hybridized carbons (Fsp3) is 0.316. The highest BCUT2D eigenvalue weighted by Gasteiger charge is 2.38. The van der Waals surface area contributed by atoms with Crippen molar-refractivity contribution in [3.63, 3.8) is 0 Å². The van der Waals surface area contributed by atoms with Crippen LogP contribution < -0.4 is 15.8 Å². The lowest BCUT2D eigenvalue weighted by molar-refractivity contribution is 0.253. The fourth-order valence-electron chi connectivity index (χ4n) is 3.04. The van der Waals surface area contributed by atoms with Gasteiger partial charge in [0.15, 0.2) is 5.96 Å². The van der Waals surface area contributed by atoms with Gasteiger partial charge in [-0.1, -0.05) is 18.6 Å². The third-order valence-electron chi connectivity index (χ3n) is 4.68. The Balaban J connectivity index is 1.67. The van der Waals surface area contributed by atoms with Crippen molar-refractivity contribution in [2.75, 3.05) is 19.0 Å². The summed E-state index contributed by atoms with van der Waals surface area (Å²) in [6.07, 6.45) is 3.27. The molecule has 4 nitrogen and oxygen atoms in total. The number of nitrogens with one attached hydrogen (secondary N) is 1. The van der Waals surface area contributed by atoms with Gasteiger partial charge in [0.05, 0.1) is 13.7 Å². The summed E-state index contributed by atoms with van der Waals surface area (Å²) in [5.74, 6) is 0.965. The van der Waals surface area contributed by atoms with E-state index in [0.717, 1.165) is 29.8 Å². The number of rotatable bonds is 5. The molecule has 0 heterocycles. The van der Waals surface area contributed by atoms with Gasteiger partial charge in [-0.25, -0.2) is 4.39 Å². The van der Waals surface area contributed by atoms with Crippen LogP contribution >= 0.6 is 0 Å². The molecule has 3 rings (SSSR count). The largest absolute Gasteiger partial charge is 0.497 e. The van der Waals surface area contributed by atoms with Gasteiger partial charge in [0.1, 0.15) is 11.6 Å². The highest BCUT2D eigenvalue weighted by Crippen LogP contribution is 2.44. The molecule has 0 amide bonds.